The van der Waals surface area contributed by atoms with Crippen LogP contribution in [0.3, 0.4) is 0 Å². The van der Waals surface area contributed by atoms with Crippen molar-refractivity contribution in [2.45, 2.75) is 43.4 Å². The number of hydrogen-bond acceptors (Lipinski definition) is 3. The van der Waals surface area contributed by atoms with Gasteiger partial charge in [0.1, 0.15) is 11.4 Å². The number of anilines is 1. The van der Waals surface area contributed by atoms with Crippen molar-refractivity contribution in [2.75, 3.05) is 18.0 Å². The minimum atomic E-state index is -4.12. The Balaban J connectivity index is 1.55. The first-order valence-electron chi connectivity index (χ1n) is 7.01. The van der Waals surface area contributed by atoms with Gasteiger partial charge in [0.05, 0.1) is 0 Å². The highest BCUT2D eigenvalue weighted by atomic mass is 19.4. The van der Waals surface area contributed by atoms with E-state index in [0.717, 1.165) is 31.7 Å². The molecule has 0 spiro atoms. The van der Waals surface area contributed by atoms with Crippen LogP contribution in [0.15, 0.2) is 24.4 Å². The molecule has 1 saturated carbocycles. The Kier molecular flexibility index (Phi) is 3.36. The third-order valence-corrected chi connectivity index (χ3v) is 4.24. The highest BCUT2D eigenvalue weighted by Gasteiger charge is 2.63. The molecule has 1 N–H and O–H groups in total. The second kappa shape index (κ2) is 4.91. The lowest BCUT2D eigenvalue weighted by molar-refractivity contribution is -0.168. The number of piperidine rings is 1. The lowest BCUT2D eigenvalue weighted by atomic mass is 10.0. The van der Waals surface area contributed by atoms with Gasteiger partial charge >= 0.3 is 6.18 Å². The van der Waals surface area contributed by atoms with E-state index >= 15 is 0 Å². The lowest BCUT2D eigenvalue weighted by Crippen LogP contribution is -2.53. The van der Waals surface area contributed by atoms with Gasteiger partial charge in [0, 0.05) is 25.3 Å². The molecule has 1 aromatic heterocycles. The van der Waals surface area contributed by atoms with Crippen molar-refractivity contribution in [1.29, 1.82) is 0 Å². The molecule has 0 amide bonds. The number of aromatic nitrogens is 1. The molecule has 1 aliphatic heterocycles. The predicted octanol–water partition coefficient (Wildman–Crippen LogP) is 2.73. The van der Waals surface area contributed by atoms with Gasteiger partial charge in [0.2, 0.25) is 0 Å². The first-order valence-corrected chi connectivity index (χ1v) is 7.01. The molecular formula is C14H18F3N3. The van der Waals surface area contributed by atoms with E-state index in [2.05, 4.69) is 15.2 Å². The van der Waals surface area contributed by atoms with Crippen LogP contribution in [-0.4, -0.2) is 35.8 Å². The zero-order valence-electron chi connectivity index (χ0n) is 11.2. The van der Waals surface area contributed by atoms with Crippen LogP contribution in [-0.2, 0) is 0 Å². The van der Waals surface area contributed by atoms with Gasteiger partial charge in [0.15, 0.2) is 0 Å². The van der Waals surface area contributed by atoms with Gasteiger partial charge in [-0.15, -0.1) is 0 Å². The van der Waals surface area contributed by atoms with Crippen molar-refractivity contribution in [1.82, 2.24) is 10.3 Å². The molecule has 6 heteroatoms. The van der Waals surface area contributed by atoms with Crippen LogP contribution in [0, 0.1) is 0 Å². The molecule has 110 valence electrons. The third-order valence-electron chi connectivity index (χ3n) is 4.24. The number of hydrogen-bond donors (Lipinski definition) is 1. The van der Waals surface area contributed by atoms with E-state index in [9.17, 15) is 13.2 Å². The zero-order valence-corrected chi connectivity index (χ0v) is 11.2. The molecule has 2 aliphatic rings. The molecule has 0 aromatic carbocycles. The van der Waals surface area contributed by atoms with E-state index in [1.807, 2.05) is 18.2 Å². The molecule has 0 atom stereocenters. The maximum absolute atomic E-state index is 12.9. The fraction of sp³-hybridized carbons (Fsp3) is 0.643. The standard InChI is InChI=1S/C14H18F3N3/c15-14(16,17)13(6-7-13)19-11-4-9-20(10-5-11)12-3-1-2-8-18-12/h1-3,8,11,19H,4-7,9-10H2. The molecule has 0 unspecified atom stereocenters. The van der Waals surface area contributed by atoms with Crippen LogP contribution in [0.1, 0.15) is 25.7 Å². The Hall–Kier alpha value is -1.30. The molecule has 1 aliphatic carbocycles. The van der Waals surface area contributed by atoms with Crippen LogP contribution in [0.5, 0.6) is 0 Å². The van der Waals surface area contributed by atoms with E-state index < -0.39 is 11.7 Å². The number of pyridine rings is 1. The summed E-state index contributed by atoms with van der Waals surface area (Å²) in [6, 6.07) is 5.68. The minimum Gasteiger partial charge on any atom is -0.357 e. The van der Waals surface area contributed by atoms with Crippen LogP contribution in [0.25, 0.3) is 0 Å². The number of rotatable bonds is 3. The fourth-order valence-corrected chi connectivity index (χ4v) is 2.82. The monoisotopic (exact) mass is 285 g/mol. The topological polar surface area (TPSA) is 28.2 Å². The predicted molar refractivity (Wildman–Crippen MR) is 70.6 cm³/mol. The number of halogens is 3. The number of alkyl halides is 3. The maximum atomic E-state index is 12.9. The van der Waals surface area contributed by atoms with Gasteiger partial charge in [-0.05, 0) is 37.8 Å². The van der Waals surface area contributed by atoms with Gasteiger partial charge in [-0.25, -0.2) is 4.98 Å². The van der Waals surface area contributed by atoms with E-state index in [1.165, 1.54) is 0 Å². The van der Waals surface area contributed by atoms with Gasteiger partial charge in [0.25, 0.3) is 0 Å². The SMILES string of the molecule is FC(F)(F)C1(NC2CCN(c3ccccn3)CC2)CC1. The van der Waals surface area contributed by atoms with Crippen molar-refractivity contribution < 1.29 is 13.2 Å². The summed E-state index contributed by atoms with van der Waals surface area (Å²) in [6.07, 6.45) is -0.482. The largest absolute Gasteiger partial charge is 0.406 e. The summed E-state index contributed by atoms with van der Waals surface area (Å²) in [6.45, 7) is 1.51. The Morgan fingerprint density at radius 2 is 1.90 bits per heavy atom. The van der Waals surface area contributed by atoms with Crippen molar-refractivity contribution >= 4 is 5.82 Å². The summed E-state index contributed by atoms with van der Waals surface area (Å²) in [5, 5.41) is 2.85. The van der Waals surface area contributed by atoms with Gasteiger partial charge in [-0.1, -0.05) is 6.07 Å². The van der Waals surface area contributed by atoms with Gasteiger partial charge in [-0.2, -0.15) is 13.2 Å². The van der Waals surface area contributed by atoms with Crippen molar-refractivity contribution in [3.63, 3.8) is 0 Å². The van der Waals surface area contributed by atoms with Gasteiger partial charge < -0.3 is 10.2 Å². The molecule has 0 radical (unpaired) electrons. The molecule has 3 rings (SSSR count). The Morgan fingerprint density at radius 1 is 1.20 bits per heavy atom. The molecule has 1 saturated heterocycles. The highest BCUT2D eigenvalue weighted by molar-refractivity contribution is 5.38. The summed E-state index contributed by atoms with van der Waals surface area (Å²) in [5.74, 6) is 0.905. The number of nitrogens with zero attached hydrogens (tertiary/aromatic N) is 2. The average Bonchev–Trinajstić information content (AvgIpc) is 3.21. The van der Waals surface area contributed by atoms with Crippen LogP contribution >= 0.6 is 0 Å². The van der Waals surface area contributed by atoms with E-state index in [-0.39, 0.29) is 18.9 Å². The second-order valence-corrected chi connectivity index (χ2v) is 5.67. The van der Waals surface area contributed by atoms with Crippen LogP contribution in [0.2, 0.25) is 0 Å². The van der Waals surface area contributed by atoms with Crippen molar-refractivity contribution in [2.24, 2.45) is 0 Å². The summed E-state index contributed by atoms with van der Waals surface area (Å²) >= 11 is 0. The maximum Gasteiger partial charge on any atom is 0.406 e. The zero-order chi connectivity index (χ0) is 14.2. The first kappa shape index (κ1) is 13.7. The third kappa shape index (κ3) is 2.61. The smallest absolute Gasteiger partial charge is 0.357 e. The number of nitrogens with one attached hydrogen (secondary N) is 1. The first-order chi connectivity index (χ1) is 9.50. The summed E-state index contributed by atoms with van der Waals surface area (Å²) in [5.41, 5.74) is -1.59. The average molecular weight is 285 g/mol. The fourth-order valence-electron chi connectivity index (χ4n) is 2.82. The van der Waals surface area contributed by atoms with Crippen molar-refractivity contribution in [3.05, 3.63) is 24.4 Å². The lowest BCUT2D eigenvalue weighted by Gasteiger charge is -2.35. The molecule has 1 aromatic rings. The summed E-state index contributed by atoms with van der Waals surface area (Å²) in [7, 11) is 0. The molecule has 3 nitrogen and oxygen atoms in total. The summed E-state index contributed by atoms with van der Waals surface area (Å²) in [4.78, 5) is 6.41. The normalized spacial score (nSPS) is 22.9. The molecule has 2 heterocycles. The second-order valence-electron chi connectivity index (χ2n) is 5.67. The highest BCUT2D eigenvalue weighted by Crippen LogP contribution is 2.49. The molecular weight excluding hydrogens is 267 g/mol. The van der Waals surface area contributed by atoms with E-state index in [1.54, 1.807) is 6.20 Å². The molecule has 2 fully saturated rings. The summed E-state index contributed by atoms with van der Waals surface area (Å²) < 4.78 is 38.7. The minimum absolute atomic E-state index is 0.0425. The Morgan fingerprint density at radius 3 is 2.40 bits per heavy atom. The Bertz CT molecular complexity index is 448. The van der Waals surface area contributed by atoms with E-state index in [4.69, 9.17) is 0 Å². The quantitative estimate of drug-likeness (QED) is 0.925. The van der Waals surface area contributed by atoms with Crippen LogP contribution < -0.4 is 10.2 Å². The van der Waals surface area contributed by atoms with E-state index in [0.29, 0.717) is 0 Å². The molecule has 20 heavy (non-hydrogen) atoms. The van der Waals surface area contributed by atoms with Crippen molar-refractivity contribution in [3.8, 4) is 0 Å². The van der Waals surface area contributed by atoms with Crippen LogP contribution in [0.4, 0.5) is 19.0 Å². The molecule has 0 bridgehead atoms. The van der Waals surface area contributed by atoms with Gasteiger partial charge in [-0.3, -0.25) is 0 Å². The Labute approximate surface area is 116 Å².